The van der Waals surface area contributed by atoms with E-state index in [4.69, 9.17) is 11.6 Å². The summed E-state index contributed by atoms with van der Waals surface area (Å²) in [4.78, 5) is 22.8. The maximum absolute atomic E-state index is 11.4. The first kappa shape index (κ1) is 14.2. The van der Waals surface area contributed by atoms with E-state index in [9.17, 15) is 9.59 Å². The van der Waals surface area contributed by atoms with Gasteiger partial charge in [0.05, 0.1) is 12.1 Å². The van der Waals surface area contributed by atoms with E-state index in [2.05, 4.69) is 20.7 Å². The van der Waals surface area contributed by atoms with E-state index in [0.717, 1.165) is 10.0 Å². The van der Waals surface area contributed by atoms with Crippen LogP contribution >= 0.6 is 27.5 Å². The minimum atomic E-state index is -0.756. The first-order chi connectivity index (χ1) is 7.95. The molecule has 0 saturated carbocycles. The van der Waals surface area contributed by atoms with Gasteiger partial charge in [-0.25, -0.2) is 0 Å². The minimum absolute atomic E-state index is 0.206. The Hall–Kier alpha value is -0.870. The summed E-state index contributed by atoms with van der Waals surface area (Å²) in [6.45, 7) is 1.38. The summed E-state index contributed by atoms with van der Waals surface area (Å²) in [6.07, 6.45) is 0.317. The lowest BCUT2D eigenvalue weighted by Gasteiger charge is -2.11. The van der Waals surface area contributed by atoms with Gasteiger partial charge in [0, 0.05) is 4.47 Å². The van der Waals surface area contributed by atoms with E-state index < -0.39 is 11.9 Å². The zero-order valence-corrected chi connectivity index (χ0v) is 11.8. The number of ketones is 1. The number of halogens is 2. The van der Waals surface area contributed by atoms with E-state index >= 15 is 0 Å². The molecule has 0 amide bonds. The fourth-order valence-corrected chi connectivity index (χ4v) is 1.98. The van der Waals surface area contributed by atoms with Gasteiger partial charge in [-0.1, -0.05) is 17.7 Å². The van der Waals surface area contributed by atoms with Crippen molar-refractivity contribution in [3.63, 3.8) is 0 Å². The number of hydrogen-bond donors (Lipinski definition) is 0. The van der Waals surface area contributed by atoms with E-state index in [0.29, 0.717) is 11.4 Å². The molecule has 1 rings (SSSR count). The summed E-state index contributed by atoms with van der Waals surface area (Å²) in [5, 5.41) is 0.589. The van der Waals surface area contributed by atoms with Crippen LogP contribution in [0.4, 0.5) is 0 Å². The van der Waals surface area contributed by atoms with Gasteiger partial charge in [0.2, 0.25) is 0 Å². The summed E-state index contributed by atoms with van der Waals surface area (Å²) >= 11 is 9.16. The number of ether oxygens (including phenoxy) is 1. The molecule has 0 radical (unpaired) electrons. The molecule has 17 heavy (non-hydrogen) atoms. The average molecular weight is 320 g/mol. The molecule has 0 N–H and O–H groups in total. The molecular formula is C12H12BrClO3. The number of carbonyl (C=O) groups excluding carboxylic acids is 2. The summed E-state index contributed by atoms with van der Waals surface area (Å²) < 4.78 is 5.34. The van der Waals surface area contributed by atoms with Gasteiger partial charge in [0.15, 0.2) is 0 Å². The van der Waals surface area contributed by atoms with Crippen LogP contribution in [0.15, 0.2) is 22.7 Å². The van der Waals surface area contributed by atoms with Crippen molar-refractivity contribution >= 4 is 39.3 Å². The lowest BCUT2D eigenvalue weighted by Crippen LogP contribution is -2.25. The van der Waals surface area contributed by atoms with Crippen molar-refractivity contribution in [2.24, 2.45) is 5.92 Å². The normalized spacial score (nSPS) is 12.0. The van der Waals surface area contributed by atoms with E-state index in [1.54, 1.807) is 18.2 Å². The molecule has 0 heterocycles. The Bertz CT molecular complexity index is 445. The molecule has 3 nitrogen and oxygen atoms in total. The molecule has 0 bridgehead atoms. The molecule has 0 aliphatic carbocycles. The molecule has 0 aliphatic rings. The monoisotopic (exact) mass is 318 g/mol. The SMILES string of the molecule is COC(=O)[C@H](Cc1ccc(Cl)c(Br)c1)C(C)=O. The second-order valence-electron chi connectivity index (χ2n) is 3.64. The van der Waals surface area contributed by atoms with Crippen LogP contribution in [0.3, 0.4) is 0 Å². The number of carbonyl (C=O) groups is 2. The number of methoxy groups -OCH3 is 1. The highest BCUT2D eigenvalue weighted by Crippen LogP contribution is 2.24. The van der Waals surface area contributed by atoms with Crippen molar-refractivity contribution in [2.75, 3.05) is 7.11 Å². The molecule has 92 valence electrons. The second-order valence-corrected chi connectivity index (χ2v) is 4.90. The fourth-order valence-electron chi connectivity index (χ4n) is 1.44. The standard InChI is InChI=1S/C12H12BrClO3/c1-7(15)9(12(16)17-2)5-8-3-4-11(14)10(13)6-8/h3-4,6,9H,5H2,1-2H3/t9-/m1/s1. The molecule has 5 heteroatoms. The maximum atomic E-state index is 11.4. The summed E-state index contributed by atoms with van der Waals surface area (Å²) in [7, 11) is 1.27. The molecule has 0 saturated heterocycles. The van der Waals surface area contributed by atoms with Crippen molar-refractivity contribution in [1.82, 2.24) is 0 Å². The first-order valence-electron chi connectivity index (χ1n) is 4.98. The van der Waals surface area contributed by atoms with Crippen molar-refractivity contribution in [1.29, 1.82) is 0 Å². The van der Waals surface area contributed by atoms with E-state index in [1.165, 1.54) is 14.0 Å². The lowest BCUT2D eigenvalue weighted by atomic mass is 9.96. The van der Waals surface area contributed by atoms with Gasteiger partial charge in [-0.2, -0.15) is 0 Å². The Kier molecular flexibility index (Phi) is 5.15. The molecular weight excluding hydrogens is 307 g/mol. The Morgan fingerprint density at radius 2 is 2.12 bits per heavy atom. The minimum Gasteiger partial charge on any atom is -0.468 e. The van der Waals surface area contributed by atoms with Gasteiger partial charge in [-0.3, -0.25) is 9.59 Å². The van der Waals surface area contributed by atoms with Gasteiger partial charge < -0.3 is 4.74 Å². The molecule has 0 unspecified atom stereocenters. The van der Waals surface area contributed by atoms with Gasteiger partial charge in [0.1, 0.15) is 11.7 Å². The topological polar surface area (TPSA) is 43.4 Å². The third kappa shape index (κ3) is 3.82. The molecule has 0 fully saturated rings. The van der Waals surface area contributed by atoms with Crippen molar-refractivity contribution in [3.05, 3.63) is 33.3 Å². The number of rotatable bonds is 4. The van der Waals surface area contributed by atoms with Crippen LogP contribution in [0.5, 0.6) is 0 Å². The zero-order chi connectivity index (χ0) is 13.0. The molecule has 1 aromatic carbocycles. The zero-order valence-electron chi connectivity index (χ0n) is 9.50. The highest BCUT2D eigenvalue weighted by molar-refractivity contribution is 9.10. The molecule has 0 aliphatic heterocycles. The second kappa shape index (κ2) is 6.17. The van der Waals surface area contributed by atoms with Gasteiger partial charge >= 0.3 is 5.97 Å². The Morgan fingerprint density at radius 3 is 2.59 bits per heavy atom. The summed E-state index contributed by atoms with van der Waals surface area (Å²) in [5.41, 5.74) is 0.854. The highest BCUT2D eigenvalue weighted by atomic mass is 79.9. The third-order valence-electron chi connectivity index (χ3n) is 2.40. The number of hydrogen-bond acceptors (Lipinski definition) is 3. The smallest absolute Gasteiger partial charge is 0.316 e. The predicted molar refractivity (Wildman–Crippen MR) is 69.0 cm³/mol. The lowest BCUT2D eigenvalue weighted by molar-refractivity contribution is -0.148. The van der Waals surface area contributed by atoms with Crippen LogP contribution in [0.1, 0.15) is 12.5 Å². The van der Waals surface area contributed by atoms with Crippen molar-refractivity contribution < 1.29 is 14.3 Å². The van der Waals surface area contributed by atoms with Gasteiger partial charge in [0.25, 0.3) is 0 Å². The number of benzene rings is 1. The number of Topliss-reactive ketones (excluding diaryl/α,β-unsaturated/α-hetero) is 1. The molecule has 1 aromatic rings. The van der Waals surface area contributed by atoms with Crippen LogP contribution in [-0.2, 0) is 20.7 Å². The van der Waals surface area contributed by atoms with Crippen molar-refractivity contribution in [3.8, 4) is 0 Å². The highest BCUT2D eigenvalue weighted by Gasteiger charge is 2.24. The summed E-state index contributed by atoms with van der Waals surface area (Å²) in [5.74, 6) is -1.47. The van der Waals surface area contributed by atoms with Crippen LogP contribution < -0.4 is 0 Å². The van der Waals surface area contributed by atoms with Gasteiger partial charge in [-0.05, 0) is 47.0 Å². The fraction of sp³-hybridized carbons (Fsp3) is 0.333. The van der Waals surface area contributed by atoms with E-state index in [1.807, 2.05) is 0 Å². The van der Waals surface area contributed by atoms with Crippen LogP contribution in [0.2, 0.25) is 5.02 Å². The Labute approximate surface area is 113 Å². The maximum Gasteiger partial charge on any atom is 0.316 e. The number of esters is 1. The third-order valence-corrected chi connectivity index (χ3v) is 3.61. The van der Waals surface area contributed by atoms with Crippen LogP contribution in [-0.4, -0.2) is 18.9 Å². The van der Waals surface area contributed by atoms with Crippen LogP contribution in [0.25, 0.3) is 0 Å². The molecule has 0 aromatic heterocycles. The van der Waals surface area contributed by atoms with Gasteiger partial charge in [-0.15, -0.1) is 0 Å². The average Bonchev–Trinajstić information content (AvgIpc) is 2.29. The molecule has 0 spiro atoms. The van der Waals surface area contributed by atoms with E-state index in [-0.39, 0.29) is 5.78 Å². The predicted octanol–water partition coefficient (Wildman–Crippen LogP) is 3.02. The Balaban J connectivity index is 2.90. The van der Waals surface area contributed by atoms with Crippen LogP contribution in [0, 0.1) is 5.92 Å². The van der Waals surface area contributed by atoms with Crippen molar-refractivity contribution in [2.45, 2.75) is 13.3 Å². The first-order valence-corrected chi connectivity index (χ1v) is 6.15. The quantitative estimate of drug-likeness (QED) is 0.633. The Morgan fingerprint density at radius 1 is 1.47 bits per heavy atom. The molecule has 1 atom stereocenters. The summed E-state index contributed by atoms with van der Waals surface area (Å²) in [6, 6.07) is 5.29. The largest absolute Gasteiger partial charge is 0.468 e.